The fourth-order valence-corrected chi connectivity index (χ4v) is 5.73. The second-order valence-electron chi connectivity index (χ2n) is 7.83. The van der Waals surface area contributed by atoms with Gasteiger partial charge in [-0.3, -0.25) is 14.6 Å². The van der Waals surface area contributed by atoms with Crippen LogP contribution in [0.25, 0.3) is 0 Å². The van der Waals surface area contributed by atoms with Gasteiger partial charge in [-0.25, -0.2) is 9.89 Å². The van der Waals surface area contributed by atoms with Gasteiger partial charge in [-0.05, 0) is 41.6 Å². The van der Waals surface area contributed by atoms with Gasteiger partial charge in [0.1, 0.15) is 11.9 Å². The number of hydrogen-bond acceptors (Lipinski definition) is 6. The fraction of sp³-hybridized carbons (Fsp3) is 0.200. The van der Waals surface area contributed by atoms with Gasteiger partial charge in [-0.1, -0.05) is 59.8 Å². The molecule has 3 heterocycles. The number of rotatable bonds is 7. The van der Waals surface area contributed by atoms with E-state index in [0.717, 1.165) is 21.7 Å². The molecular weight excluding hydrogens is 488 g/mol. The van der Waals surface area contributed by atoms with Gasteiger partial charge in [0.2, 0.25) is 5.91 Å². The first-order valence-corrected chi connectivity index (χ1v) is 13.1. The molecule has 5 rings (SSSR count). The molecule has 1 atom stereocenters. The lowest BCUT2D eigenvalue weighted by molar-refractivity contribution is -0.125. The van der Waals surface area contributed by atoms with Crippen LogP contribution in [0.5, 0.6) is 0 Å². The lowest BCUT2D eigenvalue weighted by Crippen LogP contribution is -2.41. The molecule has 1 unspecified atom stereocenters. The Morgan fingerprint density at radius 1 is 1.12 bits per heavy atom. The molecule has 0 radical (unpaired) electrons. The summed E-state index contributed by atoms with van der Waals surface area (Å²) >= 11 is 9.37. The molecule has 34 heavy (non-hydrogen) atoms. The Hall–Kier alpha value is -2.94. The number of benzene rings is 2. The normalized spacial score (nSPS) is 16.6. The fourth-order valence-electron chi connectivity index (χ4n) is 3.80. The molecule has 3 aromatic rings. The third-order valence-corrected chi connectivity index (χ3v) is 7.78. The molecular formula is C25H21ClN4O2S2. The zero-order chi connectivity index (χ0) is 23.5. The first-order chi connectivity index (χ1) is 16.6. The zero-order valence-corrected chi connectivity index (χ0v) is 20.5. The van der Waals surface area contributed by atoms with Crippen LogP contribution in [-0.2, 0) is 21.9 Å². The number of nitrogens with one attached hydrogen (secondary N) is 1. The van der Waals surface area contributed by atoms with E-state index in [9.17, 15) is 9.59 Å². The Morgan fingerprint density at radius 2 is 1.94 bits per heavy atom. The number of thioether (sulfide) groups is 1. The number of amides is 2. The van der Waals surface area contributed by atoms with Gasteiger partial charge < -0.3 is 5.32 Å². The summed E-state index contributed by atoms with van der Waals surface area (Å²) in [5, 5.41) is 6.15. The molecule has 2 amide bonds. The number of fused-ring (bicyclic) bond motifs is 3. The predicted molar refractivity (Wildman–Crippen MR) is 139 cm³/mol. The van der Waals surface area contributed by atoms with E-state index in [1.165, 1.54) is 11.8 Å². The van der Waals surface area contributed by atoms with E-state index < -0.39 is 6.04 Å². The van der Waals surface area contributed by atoms with Gasteiger partial charge in [0, 0.05) is 27.6 Å². The molecule has 172 valence electrons. The van der Waals surface area contributed by atoms with Crippen molar-refractivity contribution < 1.29 is 9.59 Å². The summed E-state index contributed by atoms with van der Waals surface area (Å²) in [5.74, 6) is 0.934. The maximum Gasteiger partial charge on any atom is 0.259 e. The van der Waals surface area contributed by atoms with E-state index in [2.05, 4.69) is 5.32 Å². The standard InChI is InChI=1S/C25H21ClN4O2S2/c26-19-9-3-1-6-16(19)15-34-25-29-20-10-4-2-8-18(20)23-28-21(24(32)30(23)25)11-12-22(31)27-14-17-7-5-13-33-17/h1-10,13,21H,11-12,14-15H2,(H,27,31). The Balaban J connectivity index is 1.30. The number of halogens is 1. The Morgan fingerprint density at radius 3 is 2.76 bits per heavy atom. The molecule has 0 bridgehead atoms. The summed E-state index contributed by atoms with van der Waals surface area (Å²) in [4.78, 5) is 37.9. The summed E-state index contributed by atoms with van der Waals surface area (Å²) in [5.41, 5.74) is 2.57. The molecule has 0 spiro atoms. The van der Waals surface area contributed by atoms with Gasteiger partial charge in [-0.2, -0.15) is 0 Å². The summed E-state index contributed by atoms with van der Waals surface area (Å²) in [6, 6.07) is 18.6. The molecule has 2 aliphatic rings. The second kappa shape index (κ2) is 10.1. The number of hydrogen-bond donors (Lipinski definition) is 1. The second-order valence-corrected chi connectivity index (χ2v) is 10.2. The Bertz CT molecular complexity index is 1290. The van der Waals surface area contributed by atoms with Crippen LogP contribution in [0.2, 0.25) is 5.02 Å². The molecule has 6 nitrogen and oxygen atoms in total. The largest absolute Gasteiger partial charge is 0.351 e. The number of nitrogens with zero attached hydrogens (tertiary/aromatic N) is 3. The number of carbonyl (C=O) groups is 2. The summed E-state index contributed by atoms with van der Waals surface area (Å²) in [6.07, 6.45) is 0.576. The molecule has 2 aromatic carbocycles. The minimum Gasteiger partial charge on any atom is -0.351 e. The minimum atomic E-state index is -0.611. The molecule has 0 saturated heterocycles. The van der Waals surface area contributed by atoms with E-state index >= 15 is 0 Å². The Kier molecular flexibility index (Phi) is 6.80. The summed E-state index contributed by atoms with van der Waals surface area (Å²) in [7, 11) is 0. The van der Waals surface area contributed by atoms with Crippen molar-refractivity contribution in [1.82, 2.24) is 10.2 Å². The van der Waals surface area contributed by atoms with Crippen molar-refractivity contribution in [3.8, 4) is 0 Å². The molecule has 9 heteroatoms. The smallest absolute Gasteiger partial charge is 0.259 e. The molecule has 0 saturated carbocycles. The highest BCUT2D eigenvalue weighted by Crippen LogP contribution is 2.35. The third-order valence-electron chi connectivity index (χ3n) is 5.55. The van der Waals surface area contributed by atoms with Crippen molar-refractivity contribution in [2.24, 2.45) is 9.98 Å². The van der Waals surface area contributed by atoms with Crippen molar-refractivity contribution in [2.75, 3.05) is 0 Å². The van der Waals surface area contributed by atoms with E-state index in [1.807, 2.05) is 66.0 Å². The zero-order valence-electron chi connectivity index (χ0n) is 18.1. The van der Waals surface area contributed by atoms with Gasteiger partial charge in [0.15, 0.2) is 5.17 Å². The molecule has 0 fully saturated rings. The SMILES string of the molecule is O=C(CCC1N=C2c3ccccc3N=C(SCc3ccccc3Cl)N2C1=O)NCc1cccs1. The number of thiophene rings is 1. The average molecular weight is 509 g/mol. The monoisotopic (exact) mass is 508 g/mol. The maximum absolute atomic E-state index is 13.4. The number of amidine groups is 2. The molecule has 1 N–H and O–H groups in total. The highest BCUT2D eigenvalue weighted by atomic mass is 35.5. The van der Waals surface area contributed by atoms with Crippen LogP contribution < -0.4 is 5.32 Å². The topological polar surface area (TPSA) is 74.1 Å². The van der Waals surface area contributed by atoms with E-state index in [4.69, 9.17) is 21.6 Å². The summed E-state index contributed by atoms with van der Waals surface area (Å²) in [6.45, 7) is 0.499. The Labute approximate surface area is 210 Å². The van der Waals surface area contributed by atoms with Gasteiger partial charge >= 0.3 is 0 Å². The van der Waals surface area contributed by atoms with E-state index in [-0.39, 0.29) is 18.2 Å². The van der Waals surface area contributed by atoms with Crippen molar-refractivity contribution in [1.29, 1.82) is 0 Å². The quantitative estimate of drug-likeness (QED) is 0.465. The van der Waals surface area contributed by atoms with Crippen LogP contribution in [0.1, 0.15) is 28.8 Å². The van der Waals surface area contributed by atoms with Crippen LogP contribution in [-0.4, -0.2) is 33.8 Å². The van der Waals surface area contributed by atoms with Gasteiger partial charge in [0.25, 0.3) is 5.91 Å². The van der Waals surface area contributed by atoms with Gasteiger partial charge in [0.05, 0.1) is 12.2 Å². The van der Waals surface area contributed by atoms with Gasteiger partial charge in [-0.15, -0.1) is 11.3 Å². The average Bonchev–Trinajstić information content (AvgIpc) is 3.49. The van der Waals surface area contributed by atoms with E-state index in [0.29, 0.717) is 34.7 Å². The highest BCUT2D eigenvalue weighted by Gasteiger charge is 2.41. The number of aliphatic imine (C=N–C) groups is 2. The first kappa shape index (κ1) is 22.8. The highest BCUT2D eigenvalue weighted by molar-refractivity contribution is 8.13. The molecule has 0 aliphatic carbocycles. The van der Waals surface area contributed by atoms with Crippen molar-refractivity contribution in [3.63, 3.8) is 0 Å². The lowest BCUT2D eigenvalue weighted by atomic mass is 10.1. The third kappa shape index (κ3) is 4.80. The van der Waals surface area contributed by atoms with Crippen LogP contribution in [0, 0.1) is 0 Å². The van der Waals surface area contributed by atoms with E-state index in [1.54, 1.807) is 16.2 Å². The lowest BCUT2D eigenvalue weighted by Gasteiger charge is -2.25. The minimum absolute atomic E-state index is 0.0892. The van der Waals surface area contributed by atoms with Crippen molar-refractivity contribution in [2.45, 2.75) is 31.2 Å². The molecule has 1 aromatic heterocycles. The van der Waals surface area contributed by atoms with Crippen LogP contribution in [0.3, 0.4) is 0 Å². The first-order valence-electron chi connectivity index (χ1n) is 10.9. The maximum atomic E-state index is 13.4. The predicted octanol–water partition coefficient (Wildman–Crippen LogP) is 5.39. The van der Waals surface area contributed by atoms with Crippen LogP contribution in [0.15, 0.2) is 76.0 Å². The number of para-hydroxylation sites is 1. The van der Waals surface area contributed by atoms with Crippen LogP contribution >= 0.6 is 34.7 Å². The van der Waals surface area contributed by atoms with Crippen LogP contribution in [0.4, 0.5) is 5.69 Å². The van der Waals surface area contributed by atoms with Crippen molar-refractivity contribution >= 4 is 63.2 Å². The number of carbonyl (C=O) groups excluding carboxylic acids is 2. The molecule has 2 aliphatic heterocycles. The van der Waals surface area contributed by atoms with Crippen molar-refractivity contribution in [3.05, 3.63) is 87.1 Å². The summed E-state index contributed by atoms with van der Waals surface area (Å²) < 4.78 is 0.